The van der Waals surface area contributed by atoms with Crippen molar-refractivity contribution in [1.29, 1.82) is 0 Å². The summed E-state index contributed by atoms with van der Waals surface area (Å²) in [5, 5.41) is 0. The summed E-state index contributed by atoms with van der Waals surface area (Å²) in [5.74, 6) is 0.658. The molecule has 13 heavy (non-hydrogen) atoms. The zero-order chi connectivity index (χ0) is 9.59. The molecule has 0 aliphatic rings. The maximum atomic E-state index is 11.5. The SMILES string of the molecule is Cc1cn2cc(Br)c(=O)n(C)c2n1. The molecule has 0 atom stereocenters. The summed E-state index contributed by atoms with van der Waals surface area (Å²) in [7, 11) is 1.70. The minimum absolute atomic E-state index is 0.0712. The lowest BCUT2D eigenvalue weighted by molar-refractivity contribution is 0.834. The number of fused-ring (bicyclic) bond motifs is 1. The highest BCUT2D eigenvalue weighted by Crippen LogP contribution is 2.06. The van der Waals surface area contributed by atoms with E-state index in [1.165, 1.54) is 4.57 Å². The molecule has 0 unspecified atom stereocenters. The molecule has 0 N–H and O–H groups in total. The van der Waals surface area contributed by atoms with Gasteiger partial charge in [0.2, 0.25) is 5.78 Å². The molecule has 2 aromatic heterocycles. The molecule has 0 saturated heterocycles. The average molecular weight is 242 g/mol. The Labute approximate surface area is 83.0 Å². The first kappa shape index (κ1) is 8.50. The molecule has 0 fully saturated rings. The first-order valence-corrected chi connectivity index (χ1v) is 4.60. The van der Waals surface area contributed by atoms with E-state index in [9.17, 15) is 4.79 Å². The molecule has 0 bridgehead atoms. The number of aryl methyl sites for hydroxylation is 2. The molecule has 0 spiro atoms. The van der Waals surface area contributed by atoms with Crippen molar-refractivity contribution in [3.05, 3.63) is 32.9 Å². The number of halogens is 1. The van der Waals surface area contributed by atoms with Crippen LogP contribution >= 0.6 is 15.9 Å². The molecule has 0 amide bonds. The van der Waals surface area contributed by atoms with Crippen LogP contribution in [-0.2, 0) is 7.05 Å². The monoisotopic (exact) mass is 241 g/mol. The fourth-order valence-electron chi connectivity index (χ4n) is 1.27. The van der Waals surface area contributed by atoms with E-state index in [4.69, 9.17) is 0 Å². The van der Waals surface area contributed by atoms with Gasteiger partial charge in [-0.25, -0.2) is 4.98 Å². The Morgan fingerprint density at radius 1 is 1.46 bits per heavy atom. The van der Waals surface area contributed by atoms with Crippen LogP contribution in [0.4, 0.5) is 0 Å². The summed E-state index contributed by atoms with van der Waals surface area (Å²) in [6.45, 7) is 1.89. The van der Waals surface area contributed by atoms with E-state index in [-0.39, 0.29) is 5.56 Å². The number of hydrogen-bond acceptors (Lipinski definition) is 2. The summed E-state index contributed by atoms with van der Waals surface area (Å²) < 4.78 is 3.87. The van der Waals surface area contributed by atoms with Crippen molar-refractivity contribution < 1.29 is 0 Å². The molecule has 68 valence electrons. The summed E-state index contributed by atoms with van der Waals surface area (Å²) in [6, 6.07) is 0. The first-order valence-electron chi connectivity index (χ1n) is 3.80. The topological polar surface area (TPSA) is 39.3 Å². The van der Waals surface area contributed by atoms with Crippen LogP contribution in [0.3, 0.4) is 0 Å². The van der Waals surface area contributed by atoms with E-state index in [2.05, 4.69) is 20.9 Å². The second-order valence-electron chi connectivity index (χ2n) is 2.93. The number of rotatable bonds is 0. The third kappa shape index (κ3) is 1.19. The first-order chi connectivity index (χ1) is 6.09. The number of aromatic nitrogens is 3. The maximum absolute atomic E-state index is 11.5. The third-order valence-corrected chi connectivity index (χ3v) is 2.44. The lowest BCUT2D eigenvalue weighted by Crippen LogP contribution is -2.19. The van der Waals surface area contributed by atoms with Crippen molar-refractivity contribution in [1.82, 2.24) is 14.0 Å². The fourth-order valence-corrected chi connectivity index (χ4v) is 1.76. The van der Waals surface area contributed by atoms with Gasteiger partial charge < -0.3 is 0 Å². The van der Waals surface area contributed by atoms with Gasteiger partial charge in [-0.3, -0.25) is 13.8 Å². The molecular weight excluding hydrogens is 234 g/mol. The highest BCUT2D eigenvalue weighted by Gasteiger charge is 2.05. The normalized spacial score (nSPS) is 11.0. The van der Waals surface area contributed by atoms with Crippen LogP contribution in [0.1, 0.15) is 5.69 Å². The molecule has 0 aliphatic carbocycles. The highest BCUT2D eigenvalue weighted by molar-refractivity contribution is 9.10. The maximum Gasteiger partial charge on any atom is 0.268 e. The molecule has 5 heteroatoms. The quantitative estimate of drug-likeness (QED) is 0.694. The predicted octanol–water partition coefficient (Wildman–Crippen LogP) is 1.10. The van der Waals surface area contributed by atoms with Gasteiger partial charge in [0.1, 0.15) is 0 Å². The van der Waals surface area contributed by atoms with Crippen molar-refractivity contribution in [2.75, 3.05) is 0 Å². The molecule has 2 rings (SSSR count). The lowest BCUT2D eigenvalue weighted by atomic mass is 10.6. The Morgan fingerprint density at radius 2 is 2.15 bits per heavy atom. The van der Waals surface area contributed by atoms with Crippen LogP contribution in [0, 0.1) is 6.92 Å². The van der Waals surface area contributed by atoms with Crippen molar-refractivity contribution in [3.63, 3.8) is 0 Å². The predicted molar refractivity (Wildman–Crippen MR) is 52.9 cm³/mol. The Hall–Kier alpha value is -1.10. The molecule has 0 radical (unpaired) electrons. The zero-order valence-electron chi connectivity index (χ0n) is 7.28. The van der Waals surface area contributed by atoms with Gasteiger partial charge in [-0.2, -0.15) is 0 Å². The van der Waals surface area contributed by atoms with Crippen molar-refractivity contribution >= 4 is 21.7 Å². The van der Waals surface area contributed by atoms with Crippen molar-refractivity contribution in [2.24, 2.45) is 7.05 Å². The van der Waals surface area contributed by atoms with Crippen molar-refractivity contribution in [3.8, 4) is 0 Å². The van der Waals surface area contributed by atoms with Crippen LogP contribution in [0.2, 0.25) is 0 Å². The Morgan fingerprint density at radius 3 is 2.85 bits per heavy atom. The smallest absolute Gasteiger partial charge is 0.268 e. The van der Waals surface area contributed by atoms with E-state index in [0.29, 0.717) is 10.3 Å². The van der Waals surface area contributed by atoms with Gasteiger partial charge in [0.05, 0.1) is 10.2 Å². The van der Waals surface area contributed by atoms with Gasteiger partial charge in [0, 0.05) is 19.4 Å². The summed E-state index contributed by atoms with van der Waals surface area (Å²) in [6.07, 6.45) is 3.59. The summed E-state index contributed by atoms with van der Waals surface area (Å²) in [5.41, 5.74) is 0.825. The summed E-state index contributed by atoms with van der Waals surface area (Å²) >= 11 is 3.19. The number of imidazole rings is 1. The van der Waals surface area contributed by atoms with E-state index < -0.39 is 0 Å². The van der Waals surface area contributed by atoms with Crippen molar-refractivity contribution in [2.45, 2.75) is 6.92 Å². The molecule has 4 nitrogen and oxygen atoms in total. The minimum Gasteiger partial charge on any atom is -0.291 e. The number of hydrogen-bond donors (Lipinski definition) is 0. The second-order valence-corrected chi connectivity index (χ2v) is 3.79. The van der Waals surface area contributed by atoms with E-state index in [0.717, 1.165) is 5.69 Å². The van der Waals surface area contributed by atoms with E-state index in [1.54, 1.807) is 13.2 Å². The van der Waals surface area contributed by atoms with Crippen LogP contribution in [0.5, 0.6) is 0 Å². The molecule has 0 aromatic carbocycles. The summed E-state index contributed by atoms with van der Waals surface area (Å²) in [4.78, 5) is 15.7. The second kappa shape index (κ2) is 2.70. The van der Waals surface area contributed by atoms with Crippen LogP contribution in [0.25, 0.3) is 5.78 Å². The van der Waals surface area contributed by atoms with Crippen LogP contribution < -0.4 is 5.56 Å². The van der Waals surface area contributed by atoms with Gasteiger partial charge in [-0.15, -0.1) is 0 Å². The van der Waals surface area contributed by atoms with Gasteiger partial charge in [-0.05, 0) is 22.9 Å². The fraction of sp³-hybridized carbons (Fsp3) is 0.250. The van der Waals surface area contributed by atoms with Crippen LogP contribution in [-0.4, -0.2) is 14.0 Å². The zero-order valence-corrected chi connectivity index (χ0v) is 8.87. The van der Waals surface area contributed by atoms with Gasteiger partial charge in [-0.1, -0.05) is 0 Å². The molecule has 2 aromatic rings. The largest absolute Gasteiger partial charge is 0.291 e. The van der Waals surface area contributed by atoms with Crippen LogP contribution in [0.15, 0.2) is 21.7 Å². The standard InChI is InChI=1S/C8H8BrN3O/c1-5-3-12-4-6(9)7(13)11(2)8(12)10-5/h3-4H,1-2H3. The molecule has 2 heterocycles. The third-order valence-electron chi connectivity index (χ3n) is 1.89. The molecular formula is C8H8BrN3O. The minimum atomic E-state index is -0.0712. The molecule has 0 saturated carbocycles. The van der Waals surface area contributed by atoms with Gasteiger partial charge in [0.25, 0.3) is 5.56 Å². The Bertz CT molecular complexity index is 526. The Kier molecular flexibility index (Phi) is 1.76. The Balaban J connectivity index is 3.01. The lowest BCUT2D eigenvalue weighted by Gasteiger charge is -2.00. The number of nitrogens with zero attached hydrogens (tertiary/aromatic N) is 3. The van der Waals surface area contributed by atoms with Gasteiger partial charge >= 0.3 is 0 Å². The highest BCUT2D eigenvalue weighted by atomic mass is 79.9. The van der Waals surface area contributed by atoms with E-state index >= 15 is 0 Å². The van der Waals surface area contributed by atoms with E-state index in [1.807, 2.05) is 17.5 Å². The average Bonchev–Trinajstić information content (AvgIpc) is 2.42. The molecule has 0 aliphatic heterocycles. The van der Waals surface area contributed by atoms with Gasteiger partial charge in [0.15, 0.2) is 0 Å².